The van der Waals surface area contributed by atoms with Crippen LogP contribution in [-0.2, 0) is 0 Å². The van der Waals surface area contributed by atoms with Crippen LogP contribution in [0.15, 0.2) is 24.8 Å². The number of piperidine rings is 1. The molecule has 1 aliphatic heterocycles. The van der Waals surface area contributed by atoms with Crippen molar-refractivity contribution in [1.29, 1.82) is 0 Å². The maximum atomic E-state index is 6.11. The molecule has 0 atom stereocenters. The molecule has 0 saturated carbocycles. The maximum Gasteiger partial charge on any atom is 0.150 e. The Labute approximate surface area is 116 Å². The van der Waals surface area contributed by atoms with E-state index in [4.69, 9.17) is 17.3 Å². The average molecular weight is 279 g/mol. The molecular formula is C12H15ClN6. The van der Waals surface area contributed by atoms with Gasteiger partial charge in [0.25, 0.3) is 0 Å². The molecule has 100 valence electrons. The quantitative estimate of drug-likeness (QED) is 0.906. The zero-order chi connectivity index (χ0) is 13.2. The maximum absolute atomic E-state index is 6.11. The Morgan fingerprint density at radius 3 is 2.74 bits per heavy atom. The van der Waals surface area contributed by atoms with Crippen LogP contribution in [0.2, 0.25) is 5.02 Å². The first-order chi connectivity index (χ1) is 9.24. The minimum absolute atomic E-state index is 0.397. The fourth-order valence-electron chi connectivity index (χ4n) is 2.44. The third-order valence-electron chi connectivity index (χ3n) is 3.42. The van der Waals surface area contributed by atoms with Gasteiger partial charge in [0.15, 0.2) is 5.82 Å². The molecule has 1 saturated heterocycles. The number of rotatable bonds is 2. The minimum Gasteiger partial charge on any atom is -0.382 e. The summed E-state index contributed by atoms with van der Waals surface area (Å²) in [6.45, 7) is 1.81. The second kappa shape index (κ2) is 5.05. The number of nitrogen functional groups attached to an aromatic ring is 1. The highest BCUT2D eigenvalue weighted by Gasteiger charge is 2.23. The number of aromatic nitrogens is 4. The summed E-state index contributed by atoms with van der Waals surface area (Å²) < 4.78 is 1.95. The van der Waals surface area contributed by atoms with Gasteiger partial charge >= 0.3 is 0 Å². The van der Waals surface area contributed by atoms with Crippen LogP contribution in [0.3, 0.4) is 0 Å². The van der Waals surface area contributed by atoms with E-state index in [-0.39, 0.29) is 0 Å². The molecule has 19 heavy (non-hydrogen) atoms. The van der Waals surface area contributed by atoms with Gasteiger partial charge in [0.2, 0.25) is 0 Å². The van der Waals surface area contributed by atoms with E-state index in [2.05, 4.69) is 20.0 Å². The monoisotopic (exact) mass is 278 g/mol. The standard InChI is InChI=1S/C12H15ClN6/c13-10-7-15-8-16-12(10)18-4-1-9(2-5-18)19-6-3-11(14)17-19/h3,6-9H,1-2,4-5H2,(H2,14,17). The molecule has 1 aliphatic rings. The van der Waals surface area contributed by atoms with Crippen LogP contribution in [0.4, 0.5) is 11.6 Å². The fraction of sp³-hybridized carbons (Fsp3) is 0.417. The Bertz CT molecular complexity index is 561. The van der Waals surface area contributed by atoms with Crippen LogP contribution in [0.5, 0.6) is 0 Å². The molecule has 1 fully saturated rings. The minimum atomic E-state index is 0.397. The van der Waals surface area contributed by atoms with Gasteiger partial charge in [0.1, 0.15) is 17.2 Å². The second-order valence-corrected chi connectivity index (χ2v) is 5.04. The lowest BCUT2D eigenvalue weighted by atomic mass is 10.1. The third-order valence-corrected chi connectivity index (χ3v) is 3.68. The van der Waals surface area contributed by atoms with E-state index in [9.17, 15) is 0 Å². The van der Waals surface area contributed by atoms with Gasteiger partial charge in [-0.25, -0.2) is 9.97 Å². The number of nitrogens with two attached hydrogens (primary N) is 1. The van der Waals surface area contributed by atoms with Crippen LogP contribution in [0.1, 0.15) is 18.9 Å². The number of anilines is 2. The third kappa shape index (κ3) is 2.49. The van der Waals surface area contributed by atoms with Crippen molar-refractivity contribution >= 4 is 23.2 Å². The zero-order valence-corrected chi connectivity index (χ0v) is 11.2. The lowest BCUT2D eigenvalue weighted by Crippen LogP contribution is -2.35. The van der Waals surface area contributed by atoms with Crippen molar-refractivity contribution < 1.29 is 0 Å². The highest BCUT2D eigenvalue weighted by Crippen LogP contribution is 2.28. The highest BCUT2D eigenvalue weighted by molar-refractivity contribution is 6.32. The molecule has 7 heteroatoms. The summed E-state index contributed by atoms with van der Waals surface area (Å²) in [6.07, 6.45) is 7.10. The predicted octanol–water partition coefficient (Wildman–Crippen LogP) is 1.75. The number of halogens is 1. The van der Waals surface area contributed by atoms with Gasteiger partial charge in [-0.2, -0.15) is 5.10 Å². The van der Waals surface area contributed by atoms with Crippen LogP contribution < -0.4 is 10.6 Å². The van der Waals surface area contributed by atoms with Crippen molar-refractivity contribution in [1.82, 2.24) is 19.7 Å². The van der Waals surface area contributed by atoms with Crippen LogP contribution in [0, 0.1) is 0 Å². The van der Waals surface area contributed by atoms with Crippen molar-refractivity contribution in [3.63, 3.8) is 0 Å². The molecule has 2 aromatic heterocycles. The molecule has 0 aromatic carbocycles. The van der Waals surface area contributed by atoms with Gasteiger partial charge in [-0.15, -0.1) is 0 Å². The topological polar surface area (TPSA) is 72.9 Å². The SMILES string of the molecule is Nc1ccn(C2CCN(c3ncncc3Cl)CC2)n1. The number of hydrogen-bond donors (Lipinski definition) is 1. The molecule has 0 aliphatic carbocycles. The van der Waals surface area contributed by atoms with E-state index in [1.165, 1.54) is 6.33 Å². The van der Waals surface area contributed by atoms with E-state index < -0.39 is 0 Å². The van der Waals surface area contributed by atoms with E-state index in [0.29, 0.717) is 16.9 Å². The Morgan fingerprint density at radius 1 is 1.32 bits per heavy atom. The molecule has 2 aromatic rings. The average Bonchev–Trinajstić information content (AvgIpc) is 2.86. The Balaban J connectivity index is 1.68. The fourth-order valence-corrected chi connectivity index (χ4v) is 2.66. The Morgan fingerprint density at radius 2 is 2.11 bits per heavy atom. The van der Waals surface area contributed by atoms with E-state index >= 15 is 0 Å². The van der Waals surface area contributed by atoms with E-state index in [1.54, 1.807) is 6.20 Å². The van der Waals surface area contributed by atoms with Gasteiger partial charge < -0.3 is 10.6 Å². The molecule has 6 nitrogen and oxygen atoms in total. The summed E-state index contributed by atoms with van der Waals surface area (Å²) in [7, 11) is 0. The smallest absolute Gasteiger partial charge is 0.150 e. The van der Waals surface area contributed by atoms with Crippen LogP contribution >= 0.6 is 11.6 Å². The Kier molecular flexibility index (Phi) is 3.25. The summed E-state index contributed by atoms with van der Waals surface area (Å²) in [4.78, 5) is 10.3. The van der Waals surface area contributed by atoms with Crippen molar-refractivity contribution in [2.45, 2.75) is 18.9 Å². The van der Waals surface area contributed by atoms with Crippen molar-refractivity contribution in [2.75, 3.05) is 23.7 Å². The van der Waals surface area contributed by atoms with Crippen molar-refractivity contribution in [3.05, 3.63) is 29.8 Å². The van der Waals surface area contributed by atoms with Crippen molar-refractivity contribution in [3.8, 4) is 0 Å². The zero-order valence-electron chi connectivity index (χ0n) is 10.4. The normalized spacial score (nSPS) is 16.8. The summed E-state index contributed by atoms with van der Waals surface area (Å²) in [5.41, 5.74) is 5.65. The molecule has 0 unspecified atom stereocenters. The molecule has 3 rings (SSSR count). The molecule has 0 amide bonds. The van der Waals surface area contributed by atoms with E-state index in [0.717, 1.165) is 31.7 Å². The van der Waals surface area contributed by atoms with Gasteiger partial charge in [-0.3, -0.25) is 4.68 Å². The van der Waals surface area contributed by atoms with Crippen LogP contribution in [0.25, 0.3) is 0 Å². The van der Waals surface area contributed by atoms with Crippen LogP contribution in [-0.4, -0.2) is 32.8 Å². The first-order valence-corrected chi connectivity index (χ1v) is 6.63. The summed E-state index contributed by atoms with van der Waals surface area (Å²) in [6, 6.07) is 2.22. The van der Waals surface area contributed by atoms with Gasteiger partial charge in [0, 0.05) is 19.3 Å². The predicted molar refractivity (Wildman–Crippen MR) is 74.2 cm³/mol. The number of hydrogen-bond acceptors (Lipinski definition) is 5. The molecule has 0 radical (unpaired) electrons. The van der Waals surface area contributed by atoms with Gasteiger partial charge in [0.05, 0.1) is 12.2 Å². The first kappa shape index (κ1) is 12.2. The summed E-state index contributed by atoms with van der Waals surface area (Å²) in [5, 5.41) is 4.88. The molecule has 0 spiro atoms. The van der Waals surface area contributed by atoms with Gasteiger partial charge in [-0.1, -0.05) is 11.6 Å². The molecular weight excluding hydrogens is 264 g/mol. The number of nitrogens with zero attached hydrogens (tertiary/aromatic N) is 5. The molecule has 3 heterocycles. The summed E-state index contributed by atoms with van der Waals surface area (Å²) >= 11 is 6.11. The lowest BCUT2D eigenvalue weighted by Gasteiger charge is -2.33. The lowest BCUT2D eigenvalue weighted by molar-refractivity contribution is 0.367. The first-order valence-electron chi connectivity index (χ1n) is 6.25. The van der Waals surface area contributed by atoms with E-state index in [1.807, 2.05) is 16.9 Å². The summed E-state index contributed by atoms with van der Waals surface area (Å²) in [5.74, 6) is 1.39. The van der Waals surface area contributed by atoms with Crippen molar-refractivity contribution in [2.24, 2.45) is 0 Å². The molecule has 2 N–H and O–H groups in total. The Hall–Kier alpha value is -1.82. The van der Waals surface area contributed by atoms with Gasteiger partial charge in [-0.05, 0) is 18.9 Å². The highest BCUT2D eigenvalue weighted by atomic mass is 35.5. The largest absolute Gasteiger partial charge is 0.382 e. The molecule has 0 bridgehead atoms. The second-order valence-electron chi connectivity index (χ2n) is 4.63.